The van der Waals surface area contributed by atoms with Crippen LogP contribution in [0.3, 0.4) is 0 Å². The highest BCUT2D eigenvalue weighted by atomic mass is 16.5. The topological polar surface area (TPSA) is 61.8 Å². The molecule has 0 aliphatic carbocycles. The number of unbranched alkanes of at least 4 members (excludes halogenated alkanes) is 1. The summed E-state index contributed by atoms with van der Waals surface area (Å²) in [5.41, 5.74) is 0.843. The second kappa shape index (κ2) is 11.7. The molecule has 2 aromatic rings. The van der Waals surface area contributed by atoms with Crippen molar-refractivity contribution in [3.63, 3.8) is 0 Å². The van der Waals surface area contributed by atoms with Crippen molar-refractivity contribution in [2.45, 2.75) is 45.6 Å². The summed E-state index contributed by atoms with van der Waals surface area (Å²) in [5, 5.41) is 0. The number of carbonyl (C=O) groups excluding carboxylic acids is 2. The second-order valence-electron chi connectivity index (χ2n) is 6.15. The molecule has 0 spiro atoms. The molecule has 0 aliphatic rings. The van der Waals surface area contributed by atoms with Crippen LogP contribution in [0.1, 0.15) is 44.6 Å². The van der Waals surface area contributed by atoms with Gasteiger partial charge in [-0.1, -0.05) is 43.7 Å². The molecule has 0 radical (unpaired) electrons. The summed E-state index contributed by atoms with van der Waals surface area (Å²) in [6, 6.07) is 16.9. The number of ether oxygens (including phenoxy) is 3. The third kappa shape index (κ3) is 8.40. The van der Waals surface area contributed by atoms with E-state index in [0.717, 1.165) is 24.2 Å². The first-order valence-electron chi connectivity index (χ1n) is 9.30. The Balaban J connectivity index is 1.69. The zero-order valence-electron chi connectivity index (χ0n) is 15.7. The van der Waals surface area contributed by atoms with Crippen LogP contribution in [0.25, 0.3) is 0 Å². The van der Waals surface area contributed by atoms with Gasteiger partial charge in [-0.3, -0.25) is 9.59 Å². The molecule has 144 valence electrons. The van der Waals surface area contributed by atoms with Crippen molar-refractivity contribution in [2.24, 2.45) is 0 Å². The lowest BCUT2D eigenvalue weighted by atomic mass is 10.2. The Hall–Kier alpha value is -2.82. The molecule has 5 nitrogen and oxygen atoms in total. The Morgan fingerprint density at radius 2 is 1.52 bits per heavy atom. The maximum Gasteiger partial charge on any atom is 0.306 e. The van der Waals surface area contributed by atoms with Gasteiger partial charge in [0.2, 0.25) is 0 Å². The first-order chi connectivity index (χ1) is 13.2. The molecular formula is C22H26O5. The number of hydrogen-bond donors (Lipinski definition) is 0. The Morgan fingerprint density at radius 3 is 2.26 bits per heavy atom. The molecule has 0 N–H and O–H groups in total. The smallest absolute Gasteiger partial charge is 0.306 e. The summed E-state index contributed by atoms with van der Waals surface area (Å²) in [6.45, 7) is 2.65. The monoisotopic (exact) mass is 370 g/mol. The van der Waals surface area contributed by atoms with Gasteiger partial charge in [0.1, 0.15) is 18.1 Å². The van der Waals surface area contributed by atoms with Gasteiger partial charge in [-0.2, -0.15) is 0 Å². The summed E-state index contributed by atoms with van der Waals surface area (Å²) in [4.78, 5) is 23.3. The molecule has 0 bridgehead atoms. The number of hydrogen-bond acceptors (Lipinski definition) is 5. The number of carbonyl (C=O) groups is 2. The van der Waals surface area contributed by atoms with Crippen LogP contribution >= 0.6 is 0 Å². The Kier molecular flexibility index (Phi) is 8.90. The Bertz CT molecular complexity index is 712. The third-order valence-corrected chi connectivity index (χ3v) is 3.80. The van der Waals surface area contributed by atoms with E-state index in [2.05, 4.69) is 0 Å². The van der Waals surface area contributed by atoms with E-state index in [-0.39, 0.29) is 31.4 Å². The number of para-hydroxylation sites is 1. The molecule has 2 aromatic carbocycles. The van der Waals surface area contributed by atoms with Crippen LogP contribution < -0.4 is 4.74 Å². The molecule has 2 rings (SSSR count). The van der Waals surface area contributed by atoms with E-state index in [4.69, 9.17) is 14.2 Å². The fourth-order valence-electron chi connectivity index (χ4n) is 2.34. The minimum absolute atomic E-state index is 0.172. The lowest BCUT2D eigenvalue weighted by Crippen LogP contribution is -2.08. The Labute approximate surface area is 160 Å². The normalized spacial score (nSPS) is 10.3. The van der Waals surface area contributed by atoms with Crippen LogP contribution in [0, 0.1) is 0 Å². The van der Waals surface area contributed by atoms with Crippen molar-refractivity contribution in [1.29, 1.82) is 0 Å². The molecular weight excluding hydrogens is 344 g/mol. The summed E-state index contributed by atoms with van der Waals surface area (Å²) >= 11 is 0. The van der Waals surface area contributed by atoms with Crippen molar-refractivity contribution in [3.05, 3.63) is 60.2 Å². The molecule has 0 heterocycles. The summed E-state index contributed by atoms with van der Waals surface area (Å²) in [5.74, 6) is 0.842. The lowest BCUT2D eigenvalue weighted by Gasteiger charge is -2.08. The van der Waals surface area contributed by atoms with E-state index in [9.17, 15) is 9.59 Å². The van der Waals surface area contributed by atoms with Crippen molar-refractivity contribution in [1.82, 2.24) is 0 Å². The number of rotatable bonds is 11. The quantitative estimate of drug-likeness (QED) is 0.410. The van der Waals surface area contributed by atoms with Gasteiger partial charge >= 0.3 is 11.9 Å². The second-order valence-corrected chi connectivity index (χ2v) is 6.15. The molecule has 0 saturated heterocycles. The van der Waals surface area contributed by atoms with E-state index in [1.807, 2.05) is 61.5 Å². The fraction of sp³-hybridized carbons (Fsp3) is 0.364. The summed E-state index contributed by atoms with van der Waals surface area (Å²) in [6.07, 6.45) is 2.71. The summed E-state index contributed by atoms with van der Waals surface area (Å²) in [7, 11) is 0. The predicted molar refractivity (Wildman–Crippen MR) is 102 cm³/mol. The minimum atomic E-state index is -0.328. The number of benzene rings is 2. The van der Waals surface area contributed by atoms with Gasteiger partial charge in [0, 0.05) is 12.8 Å². The van der Waals surface area contributed by atoms with Gasteiger partial charge in [-0.15, -0.1) is 0 Å². The average molecular weight is 370 g/mol. The zero-order chi connectivity index (χ0) is 19.3. The molecule has 0 unspecified atom stereocenters. The van der Waals surface area contributed by atoms with E-state index >= 15 is 0 Å². The first-order valence-corrected chi connectivity index (χ1v) is 9.30. The SMILES string of the molecule is CCCCOC(=O)CCCC(=O)OCc1cccc(Oc2ccccc2)c1. The van der Waals surface area contributed by atoms with Crippen LogP contribution in [0.2, 0.25) is 0 Å². The van der Waals surface area contributed by atoms with Gasteiger partial charge in [0.05, 0.1) is 6.61 Å². The Morgan fingerprint density at radius 1 is 0.815 bits per heavy atom. The third-order valence-electron chi connectivity index (χ3n) is 3.80. The van der Waals surface area contributed by atoms with Gasteiger partial charge in [0.15, 0.2) is 0 Å². The predicted octanol–water partition coefficient (Wildman–Crippen LogP) is 5.04. The molecule has 27 heavy (non-hydrogen) atoms. The van der Waals surface area contributed by atoms with E-state index in [1.54, 1.807) is 0 Å². The van der Waals surface area contributed by atoms with Crippen LogP contribution in [0.5, 0.6) is 11.5 Å². The molecule has 0 atom stereocenters. The van der Waals surface area contributed by atoms with Crippen LogP contribution in [-0.2, 0) is 25.7 Å². The molecule has 0 saturated carbocycles. The van der Waals surface area contributed by atoms with E-state index in [0.29, 0.717) is 18.8 Å². The van der Waals surface area contributed by atoms with Gasteiger partial charge < -0.3 is 14.2 Å². The average Bonchev–Trinajstić information content (AvgIpc) is 2.68. The zero-order valence-corrected chi connectivity index (χ0v) is 15.7. The van der Waals surface area contributed by atoms with E-state index < -0.39 is 0 Å². The number of esters is 2. The van der Waals surface area contributed by atoms with Gasteiger partial charge in [-0.05, 0) is 42.7 Å². The molecule has 0 aliphatic heterocycles. The van der Waals surface area contributed by atoms with Crippen molar-refractivity contribution in [2.75, 3.05) is 6.61 Å². The van der Waals surface area contributed by atoms with Crippen LogP contribution in [-0.4, -0.2) is 18.5 Å². The molecule has 0 amide bonds. The highest BCUT2D eigenvalue weighted by Crippen LogP contribution is 2.22. The van der Waals surface area contributed by atoms with Crippen molar-refractivity contribution in [3.8, 4) is 11.5 Å². The molecule has 5 heteroatoms. The summed E-state index contributed by atoms with van der Waals surface area (Å²) < 4.78 is 16.1. The standard InChI is InChI=1S/C22H26O5/c1-2-3-15-25-21(23)13-8-14-22(24)26-17-18-9-7-12-20(16-18)27-19-10-5-4-6-11-19/h4-7,9-12,16H,2-3,8,13-15,17H2,1H3. The first kappa shape index (κ1) is 20.5. The van der Waals surface area contributed by atoms with E-state index in [1.165, 1.54) is 0 Å². The maximum atomic E-state index is 11.8. The van der Waals surface area contributed by atoms with Crippen LogP contribution in [0.15, 0.2) is 54.6 Å². The highest BCUT2D eigenvalue weighted by Gasteiger charge is 2.08. The lowest BCUT2D eigenvalue weighted by molar-refractivity contribution is -0.146. The van der Waals surface area contributed by atoms with Crippen LogP contribution in [0.4, 0.5) is 0 Å². The highest BCUT2D eigenvalue weighted by molar-refractivity contribution is 5.72. The molecule has 0 fully saturated rings. The largest absolute Gasteiger partial charge is 0.466 e. The maximum absolute atomic E-state index is 11.8. The minimum Gasteiger partial charge on any atom is -0.466 e. The fourth-order valence-corrected chi connectivity index (χ4v) is 2.34. The van der Waals surface area contributed by atoms with Crippen molar-refractivity contribution >= 4 is 11.9 Å². The molecule has 0 aromatic heterocycles. The van der Waals surface area contributed by atoms with Gasteiger partial charge in [0.25, 0.3) is 0 Å². The van der Waals surface area contributed by atoms with Crippen molar-refractivity contribution < 1.29 is 23.8 Å². The van der Waals surface area contributed by atoms with Gasteiger partial charge in [-0.25, -0.2) is 0 Å².